The molecule has 1 atom stereocenters. The van der Waals surface area contributed by atoms with Crippen molar-refractivity contribution in [3.8, 4) is 0 Å². The van der Waals surface area contributed by atoms with E-state index in [1.807, 2.05) is 24.3 Å². The zero-order chi connectivity index (χ0) is 21.1. The molecular weight excluding hydrogens is 384 g/mol. The molecule has 0 bridgehead atoms. The summed E-state index contributed by atoms with van der Waals surface area (Å²) in [5, 5.41) is 3.58. The van der Waals surface area contributed by atoms with Gasteiger partial charge in [0.15, 0.2) is 0 Å². The Labute approximate surface area is 173 Å². The molecule has 4 rings (SSSR count). The number of rotatable bonds is 7. The van der Waals surface area contributed by atoms with Crippen LogP contribution in [0.4, 0.5) is 0 Å². The summed E-state index contributed by atoms with van der Waals surface area (Å²) in [7, 11) is 1.31. The van der Waals surface area contributed by atoms with E-state index in [0.29, 0.717) is 22.0 Å². The van der Waals surface area contributed by atoms with Crippen molar-refractivity contribution < 1.29 is 23.9 Å². The third-order valence-corrected chi connectivity index (χ3v) is 5.01. The average molecular weight is 406 g/mol. The second kappa shape index (κ2) is 8.41. The molecule has 2 aromatic carbocycles. The monoisotopic (exact) mass is 406 g/mol. The van der Waals surface area contributed by atoms with Crippen molar-refractivity contribution in [3.05, 3.63) is 71.9 Å². The molecule has 0 unspecified atom stereocenters. The van der Waals surface area contributed by atoms with Crippen LogP contribution in [0.25, 0.3) is 10.9 Å². The number of nitrogens with zero attached hydrogens (tertiary/aromatic N) is 1. The molecule has 154 valence electrons. The molecule has 1 N–H and O–H groups in total. The zero-order valence-corrected chi connectivity index (χ0v) is 16.5. The number of carbonyl (C=O) groups excluding carboxylic acids is 3. The summed E-state index contributed by atoms with van der Waals surface area (Å²) >= 11 is 0. The molecule has 1 saturated carbocycles. The van der Waals surface area contributed by atoms with Crippen LogP contribution < -0.4 is 5.32 Å². The molecule has 0 radical (unpaired) electrons. The predicted octanol–water partition coefficient (Wildman–Crippen LogP) is 2.99. The van der Waals surface area contributed by atoms with Crippen molar-refractivity contribution in [2.24, 2.45) is 0 Å². The van der Waals surface area contributed by atoms with E-state index in [2.05, 4.69) is 5.32 Å². The lowest BCUT2D eigenvalue weighted by Gasteiger charge is -2.18. The molecule has 7 nitrogen and oxygen atoms in total. The molecular formula is C23H22N2O5. The van der Waals surface area contributed by atoms with Gasteiger partial charge in [0.25, 0.3) is 5.91 Å². The summed E-state index contributed by atoms with van der Waals surface area (Å²) in [6.07, 6.45) is 2.42. The highest BCUT2D eigenvalue weighted by molar-refractivity contribution is 6.04. The van der Waals surface area contributed by atoms with Crippen LogP contribution in [-0.4, -0.2) is 35.6 Å². The Balaban J connectivity index is 1.56. The van der Waals surface area contributed by atoms with Crippen molar-refractivity contribution in [3.63, 3.8) is 0 Å². The van der Waals surface area contributed by atoms with Gasteiger partial charge in [0.1, 0.15) is 6.54 Å². The van der Waals surface area contributed by atoms with Gasteiger partial charge < -0.3 is 19.4 Å². The van der Waals surface area contributed by atoms with E-state index >= 15 is 0 Å². The topological polar surface area (TPSA) is 86.6 Å². The quantitative estimate of drug-likeness (QED) is 0.610. The number of esters is 2. The van der Waals surface area contributed by atoms with Crippen molar-refractivity contribution in [2.45, 2.75) is 31.5 Å². The highest BCUT2D eigenvalue weighted by Crippen LogP contribution is 2.25. The van der Waals surface area contributed by atoms with Crippen molar-refractivity contribution in [1.29, 1.82) is 0 Å². The van der Waals surface area contributed by atoms with Gasteiger partial charge in [-0.1, -0.05) is 48.5 Å². The van der Waals surface area contributed by atoms with E-state index in [4.69, 9.17) is 9.47 Å². The number of fused-ring (bicyclic) bond motifs is 1. The summed E-state index contributed by atoms with van der Waals surface area (Å²) in [5.41, 5.74) is 1.68. The number of amides is 1. The molecule has 0 aliphatic heterocycles. The fourth-order valence-electron chi connectivity index (χ4n) is 3.36. The molecule has 1 fully saturated rings. The highest BCUT2D eigenvalue weighted by Gasteiger charge is 2.31. The second-order valence-corrected chi connectivity index (χ2v) is 7.24. The molecule has 7 heteroatoms. The molecule has 1 aliphatic rings. The third kappa shape index (κ3) is 4.20. The Hall–Kier alpha value is -3.61. The van der Waals surface area contributed by atoms with Gasteiger partial charge in [-0.05, 0) is 18.9 Å². The van der Waals surface area contributed by atoms with E-state index in [1.54, 1.807) is 41.1 Å². The Morgan fingerprint density at radius 1 is 1.07 bits per heavy atom. The van der Waals surface area contributed by atoms with E-state index in [9.17, 15) is 14.4 Å². The van der Waals surface area contributed by atoms with Gasteiger partial charge in [-0.2, -0.15) is 0 Å². The number of carbonyl (C=O) groups is 3. The average Bonchev–Trinajstić information content (AvgIpc) is 3.51. The number of aromatic nitrogens is 1. The van der Waals surface area contributed by atoms with Gasteiger partial charge in [-0.15, -0.1) is 0 Å². The fraction of sp³-hybridized carbons (Fsp3) is 0.261. The molecule has 1 heterocycles. The van der Waals surface area contributed by atoms with Crippen LogP contribution >= 0.6 is 0 Å². The van der Waals surface area contributed by atoms with Crippen LogP contribution in [0.1, 0.15) is 34.9 Å². The highest BCUT2D eigenvalue weighted by atomic mass is 16.5. The fourth-order valence-corrected chi connectivity index (χ4v) is 3.36. The lowest BCUT2D eigenvalue weighted by Crippen LogP contribution is -2.34. The number of ether oxygens (including phenoxy) is 2. The third-order valence-electron chi connectivity index (χ3n) is 5.01. The Bertz CT molecular complexity index is 1090. The van der Waals surface area contributed by atoms with E-state index in [0.717, 1.165) is 12.8 Å². The summed E-state index contributed by atoms with van der Waals surface area (Å²) < 4.78 is 12.1. The number of methoxy groups -OCH3 is 1. The van der Waals surface area contributed by atoms with Gasteiger partial charge in [0, 0.05) is 28.7 Å². The maximum atomic E-state index is 12.8. The van der Waals surface area contributed by atoms with Crippen LogP contribution in [0.15, 0.2) is 60.8 Å². The van der Waals surface area contributed by atoms with Crippen molar-refractivity contribution in [2.75, 3.05) is 7.11 Å². The van der Waals surface area contributed by atoms with E-state index < -0.39 is 18.0 Å². The molecule has 30 heavy (non-hydrogen) atoms. The smallest absolute Gasteiger partial charge is 0.340 e. The minimum Gasteiger partial charge on any atom is -0.465 e. The van der Waals surface area contributed by atoms with Crippen molar-refractivity contribution in [1.82, 2.24) is 9.88 Å². The summed E-state index contributed by atoms with van der Waals surface area (Å²) in [6, 6.07) is 16.3. The normalized spacial score (nSPS) is 14.2. The Morgan fingerprint density at radius 2 is 1.77 bits per heavy atom. The van der Waals surface area contributed by atoms with E-state index in [1.165, 1.54) is 7.11 Å². The molecule has 1 amide bonds. The summed E-state index contributed by atoms with van der Waals surface area (Å²) in [6.45, 7) is -0.141. The summed E-state index contributed by atoms with van der Waals surface area (Å²) in [5.74, 6) is -1.39. The number of benzene rings is 2. The largest absolute Gasteiger partial charge is 0.465 e. The first-order valence-corrected chi connectivity index (χ1v) is 9.78. The van der Waals surface area contributed by atoms with Crippen LogP contribution in [0.3, 0.4) is 0 Å². The minimum absolute atomic E-state index is 0.141. The molecule has 1 aromatic heterocycles. The molecule has 0 spiro atoms. The molecule has 1 aliphatic carbocycles. The lowest BCUT2D eigenvalue weighted by atomic mass is 10.1. The first kappa shape index (κ1) is 19.7. The first-order chi connectivity index (χ1) is 14.6. The van der Waals surface area contributed by atoms with E-state index in [-0.39, 0.29) is 18.5 Å². The zero-order valence-electron chi connectivity index (χ0n) is 16.5. The second-order valence-electron chi connectivity index (χ2n) is 7.24. The van der Waals surface area contributed by atoms with Crippen LogP contribution in [-0.2, 0) is 25.6 Å². The number of hydrogen-bond donors (Lipinski definition) is 1. The maximum absolute atomic E-state index is 12.8. The molecule has 0 saturated heterocycles. The Morgan fingerprint density at radius 3 is 2.47 bits per heavy atom. The minimum atomic E-state index is -1.03. The van der Waals surface area contributed by atoms with Crippen LogP contribution in [0.5, 0.6) is 0 Å². The maximum Gasteiger partial charge on any atom is 0.340 e. The van der Waals surface area contributed by atoms with Gasteiger partial charge in [0.05, 0.1) is 12.7 Å². The van der Waals surface area contributed by atoms with Crippen molar-refractivity contribution >= 4 is 28.7 Å². The summed E-state index contributed by atoms with van der Waals surface area (Å²) in [4.78, 5) is 37.5. The SMILES string of the molecule is COC(=O)c1cn(CC(=O)O[C@@H](C(=O)NC2CC2)c2ccccc2)c2ccccc12. The van der Waals surface area contributed by atoms with Gasteiger partial charge in [0.2, 0.25) is 6.10 Å². The van der Waals surface area contributed by atoms with Crippen LogP contribution in [0, 0.1) is 0 Å². The predicted molar refractivity (Wildman–Crippen MR) is 110 cm³/mol. The van der Waals surface area contributed by atoms with Crippen LogP contribution in [0.2, 0.25) is 0 Å². The number of para-hydroxylation sites is 1. The van der Waals surface area contributed by atoms with Gasteiger partial charge in [-0.3, -0.25) is 9.59 Å². The first-order valence-electron chi connectivity index (χ1n) is 9.78. The Kier molecular flexibility index (Phi) is 5.52. The lowest BCUT2D eigenvalue weighted by molar-refractivity contribution is -0.157. The molecule has 3 aromatic rings. The number of hydrogen-bond acceptors (Lipinski definition) is 5. The van der Waals surface area contributed by atoms with Gasteiger partial charge in [-0.25, -0.2) is 4.79 Å². The standard InChI is InChI=1S/C23H22N2O5/c1-29-23(28)18-13-25(19-10-6-5-9-17(18)19)14-20(26)30-21(15-7-3-2-4-8-15)22(27)24-16-11-12-16/h2-10,13,16,21H,11-12,14H2,1H3,(H,24,27)/t21-/m1/s1. The number of nitrogens with one attached hydrogen (secondary N) is 1. The van der Waals surface area contributed by atoms with Gasteiger partial charge >= 0.3 is 11.9 Å².